The molecule has 4 nitrogen and oxygen atoms in total. The van der Waals surface area contributed by atoms with Gasteiger partial charge in [-0.3, -0.25) is 0 Å². The number of carbonyl (C=O) groups is 2. The number of ether oxygens (including phenoxy) is 2. The summed E-state index contributed by atoms with van der Waals surface area (Å²) in [6, 6.07) is 4.95. The maximum absolute atomic E-state index is 11.6. The quantitative estimate of drug-likeness (QED) is 0.632. The van der Waals surface area contributed by atoms with E-state index in [0.29, 0.717) is 5.56 Å². The maximum atomic E-state index is 11.6. The van der Waals surface area contributed by atoms with Crippen molar-refractivity contribution in [3.05, 3.63) is 34.9 Å². The molecule has 0 fully saturated rings. The van der Waals surface area contributed by atoms with Gasteiger partial charge in [-0.2, -0.15) is 0 Å². The second-order valence-corrected chi connectivity index (χ2v) is 3.49. The summed E-state index contributed by atoms with van der Waals surface area (Å²) in [4.78, 5) is 23.1. The number of hydrogen-bond acceptors (Lipinski definition) is 4. The molecule has 0 aliphatic carbocycles. The molecular weight excluding hydrogens is 276 g/mol. The number of alkyl halides is 1. The summed E-state index contributed by atoms with van der Waals surface area (Å²) in [6.07, 6.45) is 0. The van der Waals surface area contributed by atoms with Crippen molar-refractivity contribution in [2.75, 3.05) is 12.6 Å². The van der Waals surface area contributed by atoms with Gasteiger partial charge < -0.3 is 9.47 Å². The van der Waals surface area contributed by atoms with Crippen LogP contribution in [0.2, 0.25) is 0 Å². The lowest BCUT2D eigenvalue weighted by Gasteiger charge is -2.09. The van der Waals surface area contributed by atoms with E-state index >= 15 is 0 Å². The van der Waals surface area contributed by atoms with Crippen LogP contribution in [0.5, 0.6) is 0 Å². The van der Waals surface area contributed by atoms with Gasteiger partial charge in [0.25, 0.3) is 0 Å². The van der Waals surface area contributed by atoms with Crippen LogP contribution in [-0.2, 0) is 9.47 Å². The van der Waals surface area contributed by atoms with E-state index in [1.807, 2.05) is 0 Å². The van der Waals surface area contributed by atoms with Gasteiger partial charge in [0.15, 0.2) is 0 Å². The monoisotopic (exact) mass is 286 g/mol. The molecule has 0 aromatic heterocycles. The summed E-state index contributed by atoms with van der Waals surface area (Å²) in [5.74, 6) is -1.10. The van der Waals surface area contributed by atoms with E-state index in [2.05, 4.69) is 20.7 Å². The first-order valence-electron chi connectivity index (χ1n) is 4.52. The maximum Gasteiger partial charge on any atom is 0.339 e. The van der Waals surface area contributed by atoms with E-state index in [1.54, 1.807) is 19.1 Å². The van der Waals surface area contributed by atoms with E-state index < -0.39 is 11.9 Å². The largest absolute Gasteiger partial charge is 0.465 e. The van der Waals surface area contributed by atoms with E-state index in [1.165, 1.54) is 13.2 Å². The van der Waals surface area contributed by atoms with Crippen molar-refractivity contribution >= 4 is 27.9 Å². The van der Waals surface area contributed by atoms with Crippen LogP contribution in [0, 0.1) is 6.92 Å². The van der Waals surface area contributed by atoms with Gasteiger partial charge in [0.2, 0.25) is 0 Å². The summed E-state index contributed by atoms with van der Waals surface area (Å²) in [5.41, 5.74) is 1.22. The van der Waals surface area contributed by atoms with Gasteiger partial charge in [0.1, 0.15) is 5.52 Å². The standard InChI is InChI=1S/C11H11BrO4/c1-7-4-3-5-8(10(13)16-6-12)9(7)11(14)15-2/h3-5H,6H2,1-2H3. The molecule has 0 saturated heterocycles. The van der Waals surface area contributed by atoms with Crippen molar-refractivity contribution in [2.45, 2.75) is 6.92 Å². The van der Waals surface area contributed by atoms with Crippen molar-refractivity contribution in [3.8, 4) is 0 Å². The van der Waals surface area contributed by atoms with E-state index in [0.717, 1.165) is 0 Å². The lowest BCUT2D eigenvalue weighted by Crippen LogP contribution is -2.14. The zero-order chi connectivity index (χ0) is 12.1. The Bertz CT molecular complexity index is 414. The van der Waals surface area contributed by atoms with E-state index in [-0.39, 0.29) is 16.6 Å². The first-order valence-corrected chi connectivity index (χ1v) is 5.65. The Morgan fingerprint density at radius 3 is 2.56 bits per heavy atom. The first kappa shape index (κ1) is 12.7. The van der Waals surface area contributed by atoms with Crippen LogP contribution in [0.25, 0.3) is 0 Å². The van der Waals surface area contributed by atoms with Crippen molar-refractivity contribution < 1.29 is 19.1 Å². The molecule has 0 spiro atoms. The van der Waals surface area contributed by atoms with Crippen LogP contribution in [0.15, 0.2) is 18.2 Å². The average molecular weight is 287 g/mol. The smallest absolute Gasteiger partial charge is 0.339 e. The van der Waals surface area contributed by atoms with Gasteiger partial charge >= 0.3 is 11.9 Å². The van der Waals surface area contributed by atoms with Crippen LogP contribution < -0.4 is 0 Å². The Morgan fingerprint density at radius 2 is 2.00 bits per heavy atom. The van der Waals surface area contributed by atoms with Crippen LogP contribution in [-0.4, -0.2) is 24.6 Å². The third-order valence-corrected chi connectivity index (χ3v) is 2.30. The molecule has 0 aliphatic heterocycles. The molecule has 5 heteroatoms. The van der Waals surface area contributed by atoms with Crippen molar-refractivity contribution in [3.63, 3.8) is 0 Å². The molecule has 0 atom stereocenters. The van der Waals surface area contributed by atoms with Crippen molar-refractivity contribution in [2.24, 2.45) is 0 Å². The third-order valence-electron chi connectivity index (χ3n) is 2.07. The predicted molar refractivity (Wildman–Crippen MR) is 61.7 cm³/mol. The average Bonchev–Trinajstić information content (AvgIpc) is 2.28. The van der Waals surface area contributed by atoms with Crippen LogP contribution in [0.3, 0.4) is 0 Å². The molecule has 0 unspecified atom stereocenters. The number of halogens is 1. The summed E-state index contributed by atoms with van der Waals surface area (Å²) in [7, 11) is 1.27. The first-order chi connectivity index (χ1) is 7.61. The van der Waals surface area contributed by atoms with Crippen LogP contribution >= 0.6 is 15.9 Å². The lowest BCUT2D eigenvalue weighted by atomic mass is 10.0. The predicted octanol–water partition coefficient (Wildman–Crippen LogP) is 2.29. The Labute approximate surface area is 102 Å². The highest BCUT2D eigenvalue weighted by atomic mass is 79.9. The summed E-state index contributed by atoms with van der Waals surface area (Å²) in [6.45, 7) is 1.73. The molecule has 0 heterocycles. The molecule has 1 aromatic carbocycles. The topological polar surface area (TPSA) is 52.6 Å². The van der Waals surface area contributed by atoms with E-state index in [4.69, 9.17) is 4.74 Å². The molecule has 0 amide bonds. The number of benzene rings is 1. The minimum atomic E-state index is -0.555. The molecular formula is C11H11BrO4. The number of methoxy groups -OCH3 is 1. The van der Waals surface area contributed by atoms with Gasteiger partial charge in [-0.25, -0.2) is 9.59 Å². The molecule has 0 radical (unpaired) electrons. The number of aryl methyl sites for hydroxylation is 1. The fourth-order valence-electron chi connectivity index (χ4n) is 1.34. The van der Waals surface area contributed by atoms with Gasteiger partial charge in [-0.05, 0) is 34.5 Å². The molecule has 86 valence electrons. The van der Waals surface area contributed by atoms with Crippen LogP contribution in [0.1, 0.15) is 26.3 Å². The lowest BCUT2D eigenvalue weighted by molar-refractivity contribution is 0.0545. The fraction of sp³-hybridized carbons (Fsp3) is 0.273. The van der Waals surface area contributed by atoms with Crippen LogP contribution in [0.4, 0.5) is 0 Å². The summed E-state index contributed by atoms with van der Waals surface area (Å²) in [5, 5.41) is 0. The SMILES string of the molecule is COC(=O)c1c(C)cccc1C(=O)OCBr. The highest BCUT2D eigenvalue weighted by molar-refractivity contribution is 9.09. The Balaban J connectivity index is 3.22. The minimum absolute atomic E-state index is 0.0837. The number of rotatable bonds is 3. The molecule has 0 bridgehead atoms. The van der Waals surface area contributed by atoms with Crippen molar-refractivity contribution in [1.82, 2.24) is 0 Å². The fourth-order valence-corrected chi connectivity index (χ4v) is 1.55. The van der Waals surface area contributed by atoms with Gasteiger partial charge in [-0.15, -0.1) is 0 Å². The molecule has 16 heavy (non-hydrogen) atoms. The summed E-state index contributed by atoms with van der Waals surface area (Å²) < 4.78 is 9.42. The van der Waals surface area contributed by atoms with Crippen molar-refractivity contribution in [1.29, 1.82) is 0 Å². The molecule has 0 aliphatic rings. The molecule has 0 N–H and O–H groups in total. The molecule has 1 rings (SSSR count). The normalized spacial score (nSPS) is 9.69. The minimum Gasteiger partial charge on any atom is -0.465 e. The zero-order valence-corrected chi connectivity index (χ0v) is 10.5. The Morgan fingerprint density at radius 1 is 1.31 bits per heavy atom. The molecule has 1 aromatic rings. The number of esters is 2. The second-order valence-electron chi connectivity index (χ2n) is 3.03. The number of carbonyl (C=O) groups excluding carboxylic acids is 2. The van der Waals surface area contributed by atoms with Gasteiger partial charge in [0.05, 0.1) is 18.2 Å². The highest BCUT2D eigenvalue weighted by Gasteiger charge is 2.20. The summed E-state index contributed by atoms with van der Waals surface area (Å²) >= 11 is 2.99. The highest BCUT2D eigenvalue weighted by Crippen LogP contribution is 2.16. The number of hydrogen-bond donors (Lipinski definition) is 0. The Kier molecular flexibility index (Phi) is 4.49. The Hall–Kier alpha value is -1.36. The second kappa shape index (κ2) is 5.65. The van der Waals surface area contributed by atoms with Gasteiger partial charge in [0, 0.05) is 0 Å². The van der Waals surface area contributed by atoms with Gasteiger partial charge in [-0.1, -0.05) is 12.1 Å². The van der Waals surface area contributed by atoms with E-state index in [9.17, 15) is 9.59 Å². The zero-order valence-electron chi connectivity index (χ0n) is 8.95. The third kappa shape index (κ3) is 2.61. The molecule has 0 saturated carbocycles.